The Morgan fingerprint density at radius 1 is 1.21 bits per heavy atom. The third kappa shape index (κ3) is 3.19. The van der Waals surface area contributed by atoms with E-state index in [2.05, 4.69) is 19.2 Å². The Hall–Kier alpha value is -2.15. The molecule has 0 fully saturated rings. The summed E-state index contributed by atoms with van der Waals surface area (Å²) in [6.07, 6.45) is 1.32. The highest BCUT2D eigenvalue weighted by Crippen LogP contribution is 2.46. The molecule has 0 amide bonds. The van der Waals surface area contributed by atoms with Crippen molar-refractivity contribution in [2.45, 2.75) is 32.7 Å². The first-order chi connectivity index (χ1) is 13.8. The highest BCUT2D eigenvalue weighted by Gasteiger charge is 2.42. The normalized spacial score (nSPS) is 20.3. The third-order valence-electron chi connectivity index (χ3n) is 5.32. The summed E-state index contributed by atoms with van der Waals surface area (Å²) in [5.41, 5.74) is 2.44. The van der Waals surface area contributed by atoms with E-state index in [-0.39, 0.29) is 17.2 Å². The molecule has 29 heavy (non-hydrogen) atoms. The molecule has 5 nitrogen and oxygen atoms in total. The Labute approximate surface area is 182 Å². The standard InChI is InChI=1S/C21H18Cl2N4OS/c1-21(2)9-14-17(15(28)10-21)18(16-4-3-7-29-16)27-20(24-14)25-19(26-27)11-5-6-12(22)13(23)8-11/h3-8,18H,9-10H2,1-2H3,(H,24,25,26). The number of carbonyl (C=O) groups excluding carboxylic acids is 1. The Balaban J connectivity index is 1.66. The maximum atomic E-state index is 13.1. The number of ketones is 1. The van der Waals surface area contributed by atoms with Crippen molar-refractivity contribution >= 4 is 46.3 Å². The van der Waals surface area contributed by atoms with Crippen LogP contribution >= 0.6 is 34.5 Å². The molecule has 0 saturated carbocycles. The van der Waals surface area contributed by atoms with Crippen LogP contribution in [-0.2, 0) is 4.79 Å². The van der Waals surface area contributed by atoms with E-state index in [1.807, 2.05) is 28.3 Å². The van der Waals surface area contributed by atoms with Gasteiger partial charge in [0.1, 0.15) is 6.04 Å². The molecule has 0 saturated heterocycles. The summed E-state index contributed by atoms with van der Waals surface area (Å²) in [5.74, 6) is 1.34. The van der Waals surface area contributed by atoms with E-state index >= 15 is 0 Å². The van der Waals surface area contributed by atoms with Crippen molar-refractivity contribution in [3.8, 4) is 11.4 Å². The zero-order valence-corrected chi connectivity index (χ0v) is 18.2. The predicted octanol–water partition coefficient (Wildman–Crippen LogP) is 5.97. The fourth-order valence-electron chi connectivity index (χ4n) is 4.08. The van der Waals surface area contributed by atoms with Gasteiger partial charge in [-0.2, -0.15) is 4.98 Å². The number of thiophene rings is 1. The number of nitrogens with one attached hydrogen (secondary N) is 1. The second-order valence-corrected chi connectivity index (χ2v) is 10.0. The van der Waals surface area contributed by atoms with E-state index in [1.165, 1.54) is 0 Å². The summed E-state index contributed by atoms with van der Waals surface area (Å²) in [6, 6.07) is 9.11. The number of rotatable bonds is 2. The van der Waals surface area contributed by atoms with Crippen LogP contribution < -0.4 is 5.32 Å². The van der Waals surface area contributed by atoms with E-state index < -0.39 is 0 Å². The second-order valence-electron chi connectivity index (χ2n) is 8.21. The van der Waals surface area contributed by atoms with Crippen LogP contribution in [0.25, 0.3) is 11.4 Å². The average molecular weight is 445 g/mol. The van der Waals surface area contributed by atoms with Gasteiger partial charge in [0.25, 0.3) is 0 Å². The zero-order valence-electron chi connectivity index (χ0n) is 15.9. The van der Waals surface area contributed by atoms with E-state index in [9.17, 15) is 4.79 Å². The summed E-state index contributed by atoms with van der Waals surface area (Å²) < 4.78 is 1.82. The fourth-order valence-corrected chi connectivity index (χ4v) is 5.19. The number of halogens is 2. The van der Waals surface area contributed by atoms with Crippen molar-refractivity contribution in [1.29, 1.82) is 0 Å². The minimum Gasteiger partial charge on any atom is -0.328 e. The van der Waals surface area contributed by atoms with Crippen molar-refractivity contribution in [3.05, 3.63) is 61.9 Å². The number of aromatic nitrogens is 3. The molecule has 148 valence electrons. The number of hydrogen-bond donors (Lipinski definition) is 1. The Kier molecular flexibility index (Phi) is 4.35. The molecule has 1 N–H and O–H groups in total. The predicted molar refractivity (Wildman–Crippen MR) is 117 cm³/mol. The molecule has 5 rings (SSSR count). The summed E-state index contributed by atoms with van der Waals surface area (Å²) in [7, 11) is 0. The van der Waals surface area contributed by atoms with Crippen molar-refractivity contribution in [2.24, 2.45) is 5.41 Å². The van der Waals surface area contributed by atoms with Gasteiger partial charge in [-0.15, -0.1) is 16.4 Å². The Bertz CT molecular complexity index is 1160. The van der Waals surface area contributed by atoms with Crippen LogP contribution in [0.15, 0.2) is 47.0 Å². The number of benzene rings is 1. The molecular weight excluding hydrogens is 427 g/mol. The van der Waals surface area contributed by atoms with Crippen molar-refractivity contribution in [2.75, 3.05) is 5.32 Å². The van der Waals surface area contributed by atoms with Crippen LogP contribution in [0.3, 0.4) is 0 Å². The molecule has 3 aromatic rings. The Morgan fingerprint density at radius 2 is 2.03 bits per heavy atom. The number of allylic oxidation sites excluding steroid dienone is 2. The minimum absolute atomic E-state index is 0.0857. The first-order valence-corrected chi connectivity index (χ1v) is 10.9. The lowest BCUT2D eigenvalue weighted by Gasteiger charge is -2.37. The van der Waals surface area contributed by atoms with Gasteiger partial charge in [-0.25, -0.2) is 4.68 Å². The molecule has 2 aromatic heterocycles. The van der Waals surface area contributed by atoms with Crippen molar-refractivity contribution in [3.63, 3.8) is 0 Å². The molecule has 8 heteroatoms. The lowest BCUT2D eigenvalue weighted by atomic mass is 9.73. The number of nitrogens with zero attached hydrogens (tertiary/aromatic N) is 3. The number of Topliss-reactive ketones (excluding diaryl/α,β-unsaturated/α-hetero) is 1. The molecule has 1 atom stereocenters. The van der Waals surface area contributed by atoms with Crippen molar-refractivity contribution in [1.82, 2.24) is 14.8 Å². The number of fused-ring (bicyclic) bond motifs is 1. The van der Waals surface area contributed by atoms with Gasteiger partial charge in [0.05, 0.1) is 10.0 Å². The molecule has 2 aliphatic rings. The number of carbonyl (C=O) groups is 1. The smallest absolute Gasteiger partial charge is 0.226 e. The topological polar surface area (TPSA) is 59.8 Å². The van der Waals surface area contributed by atoms with Gasteiger partial charge in [0, 0.05) is 28.1 Å². The van der Waals surface area contributed by atoms with Gasteiger partial charge in [-0.1, -0.05) is 43.1 Å². The quantitative estimate of drug-likeness (QED) is 0.528. The van der Waals surface area contributed by atoms with Gasteiger partial charge in [-0.3, -0.25) is 4.79 Å². The molecule has 0 spiro atoms. The zero-order chi connectivity index (χ0) is 20.3. The van der Waals surface area contributed by atoms with Crippen LogP contribution in [0.5, 0.6) is 0 Å². The van der Waals surface area contributed by atoms with Crippen molar-refractivity contribution < 1.29 is 4.79 Å². The largest absolute Gasteiger partial charge is 0.328 e. The highest BCUT2D eigenvalue weighted by molar-refractivity contribution is 7.10. The molecule has 0 radical (unpaired) electrons. The number of anilines is 1. The molecule has 1 aliphatic heterocycles. The van der Waals surface area contributed by atoms with Gasteiger partial charge in [-0.05, 0) is 41.5 Å². The van der Waals surface area contributed by atoms with Crippen LogP contribution in [0.1, 0.15) is 37.6 Å². The molecule has 1 aromatic carbocycles. The summed E-state index contributed by atoms with van der Waals surface area (Å²) in [6.45, 7) is 4.24. The van der Waals surface area contributed by atoms with Gasteiger partial charge >= 0.3 is 0 Å². The molecule has 1 unspecified atom stereocenters. The monoisotopic (exact) mass is 444 g/mol. The van der Waals surface area contributed by atoms with Gasteiger partial charge in [0.2, 0.25) is 5.95 Å². The minimum atomic E-state index is -0.270. The molecular formula is C21H18Cl2N4OS. The van der Waals surface area contributed by atoms with E-state index in [4.69, 9.17) is 33.3 Å². The van der Waals surface area contributed by atoms with E-state index in [0.29, 0.717) is 28.2 Å². The lowest BCUT2D eigenvalue weighted by Crippen LogP contribution is -2.36. The average Bonchev–Trinajstić information content (AvgIpc) is 3.30. The second kappa shape index (κ2) is 6.69. The lowest BCUT2D eigenvalue weighted by molar-refractivity contribution is -0.118. The first kappa shape index (κ1) is 18.9. The maximum absolute atomic E-state index is 13.1. The SMILES string of the molecule is CC1(C)CC(=O)C2=C(C1)Nc1nc(-c3ccc(Cl)c(Cl)c3)nn1C2c1cccs1. The van der Waals surface area contributed by atoms with Crippen LogP contribution in [0.4, 0.5) is 5.95 Å². The highest BCUT2D eigenvalue weighted by atomic mass is 35.5. The summed E-state index contributed by atoms with van der Waals surface area (Å²) in [4.78, 5) is 18.9. The van der Waals surface area contributed by atoms with Gasteiger partial charge < -0.3 is 5.32 Å². The molecule has 1 aliphatic carbocycles. The third-order valence-corrected chi connectivity index (χ3v) is 6.99. The fraction of sp³-hybridized carbons (Fsp3) is 0.286. The van der Waals surface area contributed by atoms with E-state index in [1.54, 1.807) is 23.5 Å². The number of hydrogen-bond acceptors (Lipinski definition) is 5. The van der Waals surface area contributed by atoms with Crippen LogP contribution in [0, 0.1) is 5.41 Å². The summed E-state index contributed by atoms with van der Waals surface area (Å²) >= 11 is 13.9. The van der Waals surface area contributed by atoms with Gasteiger partial charge in [0.15, 0.2) is 11.6 Å². The maximum Gasteiger partial charge on any atom is 0.226 e. The van der Waals surface area contributed by atoms with Crippen LogP contribution in [0.2, 0.25) is 10.0 Å². The van der Waals surface area contributed by atoms with Crippen LogP contribution in [-0.4, -0.2) is 20.5 Å². The summed E-state index contributed by atoms with van der Waals surface area (Å²) in [5, 5.41) is 11.1. The van der Waals surface area contributed by atoms with E-state index in [0.717, 1.165) is 28.1 Å². The molecule has 0 bridgehead atoms. The first-order valence-electron chi connectivity index (χ1n) is 9.31. The molecule has 3 heterocycles. The Morgan fingerprint density at radius 3 is 2.76 bits per heavy atom.